The Labute approximate surface area is 430 Å². The molecule has 0 fully saturated rings. The van der Waals surface area contributed by atoms with Gasteiger partial charge in [-0.2, -0.15) is 0 Å². The van der Waals surface area contributed by atoms with Crippen molar-refractivity contribution in [3.63, 3.8) is 0 Å². The van der Waals surface area contributed by atoms with E-state index < -0.39 is 0 Å². The lowest BCUT2D eigenvalue weighted by Crippen LogP contribution is -2.10. The fourth-order valence-electron chi connectivity index (χ4n) is 9.50. The number of hydrogen-bond donors (Lipinski definition) is 0. The minimum atomic E-state index is 0.806. The predicted molar refractivity (Wildman–Crippen MR) is 305 cm³/mol. The van der Waals surface area contributed by atoms with Gasteiger partial charge in [-0.25, -0.2) is 0 Å². The van der Waals surface area contributed by atoms with E-state index in [0.29, 0.717) is 0 Å². The number of anilines is 9. The van der Waals surface area contributed by atoms with Gasteiger partial charge in [0.05, 0.1) is 28.4 Å². The van der Waals surface area contributed by atoms with Crippen LogP contribution in [0.3, 0.4) is 0 Å². The quantitative estimate of drug-likeness (QED) is 0.101. The highest BCUT2D eigenvalue weighted by Gasteiger charge is 2.18. The number of methoxy groups -OCH3 is 4. The van der Waals surface area contributed by atoms with Crippen molar-refractivity contribution in [1.82, 2.24) is 0 Å². The topological polar surface area (TPSA) is 46.6 Å². The number of thiophene rings is 1. The molecule has 11 rings (SSSR count). The van der Waals surface area contributed by atoms with Crippen LogP contribution in [0.4, 0.5) is 51.2 Å². The second-order valence-corrected chi connectivity index (χ2v) is 18.9. The van der Waals surface area contributed by atoms with E-state index in [1.807, 2.05) is 59.9 Å². The van der Waals surface area contributed by atoms with E-state index in [1.165, 1.54) is 25.7 Å². The molecular weight excluding hydrogens is 919 g/mol. The molecule has 0 aliphatic rings. The monoisotopic (exact) mass is 971 g/mol. The molecule has 0 aliphatic heterocycles. The zero-order valence-corrected chi connectivity index (χ0v) is 42.1. The Kier molecular flexibility index (Phi) is 13.0. The molecule has 1 heterocycles. The smallest absolute Gasteiger partial charge is 0.119 e. The number of fused-ring (bicyclic) bond motifs is 3. The van der Waals surface area contributed by atoms with Gasteiger partial charge < -0.3 is 33.6 Å². The van der Waals surface area contributed by atoms with Crippen molar-refractivity contribution in [2.75, 3.05) is 43.1 Å². The van der Waals surface area contributed by atoms with Gasteiger partial charge in [-0.3, -0.25) is 0 Å². The molecular formula is C65H53N3O4S. The van der Waals surface area contributed by atoms with Crippen molar-refractivity contribution in [2.24, 2.45) is 0 Å². The Morgan fingerprint density at radius 1 is 0.260 bits per heavy atom. The number of benzene rings is 10. The maximum Gasteiger partial charge on any atom is 0.119 e. The van der Waals surface area contributed by atoms with E-state index in [0.717, 1.165) is 96.4 Å². The zero-order valence-electron chi connectivity index (χ0n) is 41.3. The lowest BCUT2D eigenvalue weighted by Gasteiger charge is -2.27. The second kappa shape index (κ2) is 20.4. The van der Waals surface area contributed by atoms with Gasteiger partial charge in [0.1, 0.15) is 23.0 Å². The molecule has 0 unspecified atom stereocenters. The van der Waals surface area contributed by atoms with Gasteiger partial charge in [0.15, 0.2) is 0 Å². The highest BCUT2D eigenvalue weighted by Crippen LogP contribution is 2.43. The SMILES string of the molecule is COc1ccc(N(c2ccc(OC)cc2)c2ccc(-c3ccc(N(c4ccc(OC)cc4)c4ccc(-c5ccc(N(c6ccc(OC)cc6)c6ccc7sc8ccc(C)cc8c7c6)cc5)cc4)cc3)cc2)cc1. The summed E-state index contributed by atoms with van der Waals surface area (Å²) in [6, 6.07) is 81.4. The van der Waals surface area contributed by atoms with Crippen molar-refractivity contribution in [3.8, 4) is 45.3 Å². The maximum atomic E-state index is 5.56. The number of aryl methyl sites for hydroxylation is 1. The third-order valence-corrected chi connectivity index (χ3v) is 14.5. The van der Waals surface area contributed by atoms with E-state index in [9.17, 15) is 0 Å². The Balaban J connectivity index is 0.875. The first-order valence-electron chi connectivity index (χ1n) is 24.2. The Bertz CT molecular complexity index is 3590. The minimum Gasteiger partial charge on any atom is -0.497 e. The van der Waals surface area contributed by atoms with Crippen molar-refractivity contribution < 1.29 is 18.9 Å². The summed E-state index contributed by atoms with van der Waals surface area (Å²) in [6.45, 7) is 2.16. The summed E-state index contributed by atoms with van der Waals surface area (Å²) in [7, 11) is 6.77. The predicted octanol–water partition coefficient (Wildman–Crippen LogP) is 18.1. The van der Waals surface area contributed by atoms with E-state index in [1.54, 1.807) is 28.4 Å². The summed E-state index contributed by atoms with van der Waals surface area (Å²) in [6.07, 6.45) is 0. The molecule has 7 nitrogen and oxygen atoms in total. The fraction of sp³-hybridized carbons (Fsp3) is 0.0769. The molecule has 73 heavy (non-hydrogen) atoms. The first-order chi connectivity index (χ1) is 35.9. The second-order valence-electron chi connectivity index (χ2n) is 17.8. The number of rotatable bonds is 15. The van der Waals surface area contributed by atoms with Crippen LogP contribution in [0.25, 0.3) is 42.4 Å². The molecule has 0 bridgehead atoms. The van der Waals surface area contributed by atoms with E-state index in [2.05, 4.69) is 204 Å². The van der Waals surface area contributed by atoms with Crippen LogP contribution in [-0.2, 0) is 0 Å². The van der Waals surface area contributed by atoms with Gasteiger partial charge in [0, 0.05) is 71.4 Å². The van der Waals surface area contributed by atoms with Crippen molar-refractivity contribution in [1.29, 1.82) is 0 Å². The number of nitrogens with zero attached hydrogens (tertiary/aromatic N) is 3. The molecule has 358 valence electrons. The Morgan fingerprint density at radius 2 is 0.493 bits per heavy atom. The molecule has 0 atom stereocenters. The van der Waals surface area contributed by atoms with E-state index in [-0.39, 0.29) is 0 Å². The van der Waals surface area contributed by atoms with Gasteiger partial charge in [-0.1, -0.05) is 60.2 Å². The molecule has 0 saturated carbocycles. The summed E-state index contributed by atoms with van der Waals surface area (Å²) in [5.41, 5.74) is 15.1. The van der Waals surface area contributed by atoms with Crippen LogP contribution in [-0.4, -0.2) is 28.4 Å². The molecule has 11 aromatic rings. The first kappa shape index (κ1) is 46.4. The van der Waals surface area contributed by atoms with Gasteiger partial charge in [-0.15, -0.1) is 11.3 Å². The summed E-state index contributed by atoms with van der Waals surface area (Å²) in [5.74, 6) is 3.24. The van der Waals surface area contributed by atoms with Crippen LogP contribution in [0, 0.1) is 6.92 Å². The molecule has 1 aromatic heterocycles. The standard InChI is InChI=1S/C65H53N3O4S/c1-44-6-40-64-62(42-44)63-43-57(31-41-65(63)73-64)68(56-29-38-61(72-5)39-30-56)52-21-13-48(14-22-52)47-9-17-50(18-10-47)66(53-23-32-58(69-2)33-24-53)49-15-7-45(8-16-49)46-11-19-51(20-12-46)67(54-25-34-59(70-3)35-26-54)55-27-36-60(71-4)37-28-55/h6-43H,1-5H3. The number of hydrogen-bond acceptors (Lipinski definition) is 8. The molecule has 8 heteroatoms. The molecule has 0 aliphatic carbocycles. The van der Waals surface area contributed by atoms with Gasteiger partial charge >= 0.3 is 0 Å². The molecule has 0 N–H and O–H groups in total. The van der Waals surface area contributed by atoms with Crippen molar-refractivity contribution in [2.45, 2.75) is 6.92 Å². The molecule has 0 radical (unpaired) electrons. The van der Waals surface area contributed by atoms with Crippen LogP contribution in [0.2, 0.25) is 0 Å². The fourth-order valence-corrected chi connectivity index (χ4v) is 10.6. The van der Waals surface area contributed by atoms with Crippen LogP contribution in [0.15, 0.2) is 231 Å². The van der Waals surface area contributed by atoms with Crippen LogP contribution < -0.4 is 33.6 Å². The first-order valence-corrected chi connectivity index (χ1v) is 25.0. The lowest BCUT2D eigenvalue weighted by molar-refractivity contribution is 0.414. The normalized spacial score (nSPS) is 11.1. The summed E-state index contributed by atoms with van der Waals surface area (Å²) >= 11 is 1.84. The summed E-state index contributed by atoms with van der Waals surface area (Å²) < 4.78 is 24.6. The van der Waals surface area contributed by atoms with Gasteiger partial charge in [-0.05, 0) is 205 Å². The Morgan fingerprint density at radius 3 is 0.781 bits per heavy atom. The molecule has 0 amide bonds. The minimum absolute atomic E-state index is 0.806. The maximum absolute atomic E-state index is 5.56. The highest BCUT2D eigenvalue weighted by atomic mass is 32.1. The lowest BCUT2D eigenvalue weighted by atomic mass is 10.0. The Hall–Kier alpha value is -8.98. The third kappa shape index (κ3) is 9.52. The summed E-state index contributed by atoms with van der Waals surface area (Å²) in [5, 5.41) is 2.56. The zero-order chi connectivity index (χ0) is 49.8. The van der Waals surface area contributed by atoms with Gasteiger partial charge in [0.25, 0.3) is 0 Å². The van der Waals surface area contributed by atoms with Crippen LogP contribution in [0.5, 0.6) is 23.0 Å². The largest absolute Gasteiger partial charge is 0.497 e. The highest BCUT2D eigenvalue weighted by molar-refractivity contribution is 7.25. The average Bonchev–Trinajstić information content (AvgIpc) is 3.82. The molecule has 0 saturated heterocycles. The summed E-state index contributed by atoms with van der Waals surface area (Å²) in [4.78, 5) is 6.83. The van der Waals surface area contributed by atoms with E-state index >= 15 is 0 Å². The number of ether oxygens (including phenoxy) is 4. The van der Waals surface area contributed by atoms with E-state index in [4.69, 9.17) is 18.9 Å². The van der Waals surface area contributed by atoms with Crippen LogP contribution in [0.1, 0.15) is 5.56 Å². The average molecular weight is 972 g/mol. The molecule has 0 spiro atoms. The van der Waals surface area contributed by atoms with Crippen molar-refractivity contribution in [3.05, 3.63) is 236 Å². The van der Waals surface area contributed by atoms with Crippen LogP contribution >= 0.6 is 11.3 Å². The molecule has 10 aromatic carbocycles. The third-order valence-electron chi connectivity index (χ3n) is 13.4. The van der Waals surface area contributed by atoms with Crippen molar-refractivity contribution >= 4 is 82.7 Å². The van der Waals surface area contributed by atoms with Gasteiger partial charge in [0.2, 0.25) is 0 Å².